The predicted molar refractivity (Wildman–Crippen MR) is 87.2 cm³/mol. The van der Waals surface area contributed by atoms with Crippen molar-refractivity contribution >= 4 is 11.7 Å². The Morgan fingerprint density at radius 2 is 2.17 bits per heavy atom. The van der Waals surface area contributed by atoms with Crippen LogP contribution >= 0.6 is 0 Å². The van der Waals surface area contributed by atoms with Gasteiger partial charge in [-0.1, -0.05) is 0 Å². The number of amides is 2. The van der Waals surface area contributed by atoms with Crippen molar-refractivity contribution < 1.29 is 19.0 Å². The molecule has 2 rings (SSSR count). The van der Waals surface area contributed by atoms with Gasteiger partial charge in [0.15, 0.2) is 0 Å². The summed E-state index contributed by atoms with van der Waals surface area (Å²) >= 11 is 0. The van der Waals surface area contributed by atoms with E-state index in [1.807, 2.05) is 6.92 Å². The third-order valence-electron chi connectivity index (χ3n) is 3.96. The molecule has 5 nitrogen and oxygen atoms in total. The first-order valence-corrected chi connectivity index (χ1v) is 8.23. The van der Waals surface area contributed by atoms with Crippen molar-refractivity contribution in [2.45, 2.75) is 57.6 Å². The lowest BCUT2D eigenvalue weighted by atomic mass is 10.2. The van der Waals surface area contributed by atoms with Gasteiger partial charge in [0.2, 0.25) is 0 Å². The van der Waals surface area contributed by atoms with Crippen molar-refractivity contribution in [3.8, 4) is 5.75 Å². The zero-order chi connectivity index (χ0) is 16.7. The second-order valence-electron chi connectivity index (χ2n) is 6.03. The van der Waals surface area contributed by atoms with Gasteiger partial charge in [0.25, 0.3) is 0 Å². The number of aliphatic hydroxyl groups excluding tert-OH is 1. The molecule has 23 heavy (non-hydrogen) atoms. The molecule has 1 aliphatic carbocycles. The summed E-state index contributed by atoms with van der Waals surface area (Å²) in [6, 6.07) is 3.70. The molecule has 1 unspecified atom stereocenters. The Kier molecular flexibility index (Phi) is 6.65. The van der Waals surface area contributed by atoms with Gasteiger partial charge in [-0.2, -0.15) is 0 Å². The molecule has 3 N–H and O–H groups in total. The molecule has 1 saturated carbocycles. The number of urea groups is 1. The van der Waals surface area contributed by atoms with Gasteiger partial charge < -0.3 is 20.5 Å². The molecule has 1 aromatic carbocycles. The molecule has 0 heterocycles. The van der Waals surface area contributed by atoms with Crippen LogP contribution in [-0.2, 0) is 0 Å². The van der Waals surface area contributed by atoms with Crippen LogP contribution in [0.1, 0.15) is 45.4 Å². The van der Waals surface area contributed by atoms with E-state index in [1.165, 1.54) is 18.2 Å². The molecule has 128 valence electrons. The monoisotopic (exact) mass is 324 g/mol. The molecule has 0 saturated heterocycles. The van der Waals surface area contributed by atoms with Crippen molar-refractivity contribution in [2.24, 2.45) is 0 Å². The molecule has 1 aliphatic rings. The SMILES string of the molecule is CC(CCCO)NC(=O)Nc1ccc(F)cc1OC1CCCC1. The maximum Gasteiger partial charge on any atom is 0.319 e. The highest BCUT2D eigenvalue weighted by molar-refractivity contribution is 5.91. The molecule has 0 aromatic heterocycles. The number of aliphatic hydroxyl groups is 1. The Balaban J connectivity index is 1.96. The van der Waals surface area contributed by atoms with Gasteiger partial charge in [0.05, 0.1) is 11.8 Å². The Hall–Kier alpha value is -1.82. The Labute approximate surface area is 136 Å². The normalized spacial score (nSPS) is 16.1. The van der Waals surface area contributed by atoms with Gasteiger partial charge in [-0.25, -0.2) is 9.18 Å². The molecule has 0 bridgehead atoms. The number of rotatable bonds is 7. The van der Waals surface area contributed by atoms with E-state index < -0.39 is 0 Å². The number of nitrogens with one attached hydrogen (secondary N) is 2. The quantitative estimate of drug-likeness (QED) is 0.719. The first-order valence-electron chi connectivity index (χ1n) is 8.23. The summed E-state index contributed by atoms with van der Waals surface area (Å²) < 4.78 is 19.3. The lowest BCUT2D eigenvalue weighted by Crippen LogP contribution is -2.36. The van der Waals surface area contributed by atoms with Crippen LogP contribution in [0, 0.1) is 5.82 Å². The van der Waals surface area contributed by atoms with Gasteiger partial charge >= 0.3 is 6.03 Å². The molecule has 6 heteroatoms. The molecule has 1 fully saturated rings. The number of carbonyl (C=O) groups is 1. The van der Waals surface area contributed by atoms with E-state index in [-0.39, 0.29) is 30.6 Å². The maximum atomic E-state index is 13.5. The summed E-state index contributed by atoms with van der Waals surface area (Å²) in [6.45, 7) is 1.97. The lowest BCUT2D eigenvalue weighted by Gasteiger charge is -2.18. The highest BCUT2D eigenvalue weighted by Crippen LogP contribution is 2.30. The molecule has 1 aromatic rings. The third-order valence-corrected chi connectivity index (χ3v) is 3.96. The fourth-order valence-electron chi connectivity index (χ4n) is 2.73. The van der Waals surface area contributed by atoms with Crippen LogP contribution in [0.25, 0.3) is 0 Å². The summed E-state index contributed by atoms with van der Waals surface area (Å²) in [5, 5.41) is 14.3. The summed E-state index contributed by atoms with van der Waals surface area (Å²) in [5.74, 6) is -0.0182. The zero-order valence-corrected chi connectivity index (χ0v) is 13.5. The second kappa shape index (κ2) is 8.72. The average Bonchev–Trinajstić information content (AvgIpc) is 3.01. The van der Waals surface area contributed by atoms with Crippen LogP contribution < -0.4 is 15.4 Å². The van der Waals surface area contributed by atoms with Crippen LogP contribution in [0.3, 0.4) is 0 Å². The number of ether oxygens (including phenoxy) is 1. The predicted octanol–water partition coefficient (Wildman–Crippen LogP) is 3.43. The Morgan fingerprint density at radius 3 is 2.87 bits per heavy atom. The Bertz CT molecular complexity index is 519. The van der Waals surface area contributed by atoms with Gasteiger partial charge in [0, 0.05) is 18.7 Å². The molecule has 0 spiro atoms. The second-order valence-corrected chi connectivity index (χ2v) is 6.03. The number of hydrogen-bond acceptors (Lipinski definition) is 3. The van der Waals surface area contributed by atoms with E-state index >= 15 is 0 Å². The highest BCUT2D eigenvalue weighted by Gasteiger charge is 2.19. The van der Waals surface area contributed by atoms with Crippen molar-refractivity contribution in [1.29, 1.82) is 0 Å². The van der Waals surface area contributed by atoms with Gasteiger partial charge in [0.1, 0.15) is 11.6 Å². The molecule has 1 atom stereocenters. The smallest absolute Gasteiger partial charge is 0.319 e. The first-order chi connectivity index (χ1) is 11.1. The first kappa shape index (κ1) is 17.5. The minimum atomic E-state index is -0.389. The van der Waals surface area contributed by atoms with Gasteiger partial charge in [-0.05, 0) is 57.6 Å². The van der Waals surface area contributed by atoms with E-state index in [0.717, 1.165) is 25.7 Å². The Morgan fingerprint density at radius 1 is 1.43 bits per heavy atom. The molecule has 0 aliphatic heterocycles. The summed E-state index contributed by atoms with van der Waals surface area (Å²) in [6.07, 6.45) is 5.56. The third kappa shape index (κ3) is 5.71. The van der Waals surface area contributed by atoms with Crippen LogP contribution in [0.15, 0.2) is 18.2 Å². The largest absolute Gasteiger partial charge is 0.488 e. The average molecular weight is 324 g/mol. The highest BCUT2D eigenvalue weighted by atomic mass is 19.1. The van der Waals surface area contributed by atoms with Gasteiger partial charge in [-0.3, -0.25) is 0 Å². The molecular formula is C17H25FN2O3. The minimum absolute atomic E-state index is 0.0539. The van der Waals surface area contributed by atoms with E-state index in [4.69, 9.17) is 9.84 Å². The van der Waals surface area contributed by atoms with Crippen LogP contribution in [0.5, 0.6) is 5.75 Å². The standard InChI is InChI=1S/C17H25FN2O3/c1-12(5-4-10-21)19-17(22)20-15-9-8-13(18)11-16(15)23-14-6-2-3-7-14/h8-9,11-12,14,21H,2-7,10H2,1H3,(H2,19,20,22). The fourth-order valence-corrected chi connectivity index (χ4v) is 2.73. The van der Waals surface area contributed by atoms with Crippen molar-refractivity contribution in [2.75, 3.05) is 11.9 Å². The minimum Gasteiger partial charge on any atom is -0.488 e. The number of anilines is 1. The summed E-state index contributed by atoms with van der Waals surface area (Å²) in [5.41, 5.74) is 0.463. The van der Waals surface area contributed by atoms with Crippen LogP contribution in [-0.4, -0.2) is 29.9 Å². The number of carbonyl (C=O) groups excluding carboxylic acids is 1. The van der Waals surface area contributed by atoms with E-state index in [2.05, 4.69) is 10.6 Å². The lowest BCUT2D eigenvalue weighted by molar-refractivity contribution is 0.210. The molecular weight excluding hydrogens is 299 g/mol. The van der Waals surface area contributed by atoms with Crippen molar-refractivity contribution in [1.82, 2.24) is 5.32 Å². The number of hydrogen-bond donors (Lipinski definition) is 3. The molecule has 2 amide bonds. The van der Waals surface area contributed by atoms with E-state index in [9.17, 15) is 9.18 Å². The fraction of sp³-hybridized carbons (Fsp3) is 0.588. The van der Waals surface area contributed by atoms with Crippen LogP contribution in [0.2, 0.25) is 0 Å². The van der Waals surface area contributed by atoms with Crippen molar-refractivity contribution in [3.63, 3.8) is 0 Å². The summed E-state index contributed by atoms with van der Waals surface area (Å²) in [7, 11) is 0. The zero-order valence-electron chi connectivity index (χ0n) is 13.5. The van der Waals surface area contributed by atoms with Crippen molar-refractivity contribution in [3.05, 3.63) is 24.0 Å². The van der Waals surface area contributed by atoms with Crippen LogP contribution in [0.4, 0.5) is 14.9 Å². The molecule has 0 radical (unpaired) electrons. The maximum absolute atomic E-state index is 13.5. The number of halogens is 1. The topological polar surface area (TPSA) is 70.6 Å². The van der Waals surface area contributed by atoms with Gasteiger partial charge in [-0.15, -0.1) is 0 Å². The number of benzene rings is 1. The van der Waals surface area contributed by atoms with E-state index in [0.29, 0.717) is 24.3 Å². The van der Waals surface area contributed by atoms with E-state index in [1.54, 1.807) is 0 Å². The summed E-state index contributed by atoms with van der Waals surface area (Å²) in [4.78, 5) is 12.0.